The van der Waals surface area contributed by atoms with E-state index in [9.17, 15) is 4.79 Å². The van der Waals surface area contributed by atoms with Gasteiger partial charge in [0.25, 0.3) is 0 Å². The van der Waals surface area contributed by atoms with Gasteiger partial charge in [-0.15, -0.1) is 0 Å². The molecule has 0 saturated carbocycles. The molecule has 0 aliphatic carbocycles. The van der Waals surface area contributed by atoms with Gasteiger partial charge < -0.3 is 10.6 Å². The van der Waals surface area contributed by atoms with Gasteiger partial charge in [0.2, 0.25) is 5.91 Å². The molecule has 3 rings (SSSR count). The van der Waals surface area contributed by atoms with Crippen LogP contribution in [0.2, 0.25) is 0 Å². The molecule has 138 valence electrons. The Morgan fingerprint density at radius 2 is 1.73 bits per heavy atom. The molecule has 1 heterocycles. The van der Waals surface area contributed by atoms with Crippen molar-refractivity contribution in [1.29, 1.82) is 0 Å². The molecule has 1 unspecified atom stereocenters. The molecule has 2 aromatic rings. The number of amides is 1. The normalized spacial score (nSPS) is 18.1. The summed E-state index contributed by atoms with van der Waals surface area (Å²) in [4.78, 5) is 16.3. The Morgan fingerprint density at radius 1 is 1.08 bits per heavy atom. The number of piperazine rings is 1. The highest BCUT2D eigenvalue weighted by Crippen LogP contribution is 2.29. The van der Waals surface area contributed by atoms with Crippen molar-refractivity contribution in [3.8, 4) is 0 Å². The molecule has 26 heavy (non-hydrogen) atoms. The molecule has 4 nitrogen and oxygen atoms in total. The van der Waals surface area contributed by atoms with Crippen LogP contribution >= 0.6 is 0 Å². The summed E-state index contributed by atoms with van der Waals surface area (Å²) in [6.07, 6.45) is 0.925. The number of hydrogen-bond donors (Lipinski definition) is 1. The highest BCUT2D eigenvalue weighted by Gasteiger charge is 2.29. The molecule has 2 N–H and O–H groups in total. The van der Waals surface area contributed by atoms with E-state index in [1.165, 1.54) is 27.9 Å². The zero-order valence-corrected chi connectivity index (χ0v) is 16.0. The fourth-order valence-electron chi connectivity index (χ4n) is 4.26. The monoisotopic (exact) mass is 351 g/mol. The van der Waals surface area contributed by atoms with Crippen LogP contribution in [0.15, 0.2) is 42.5 Å². The molecule has 0 spiro atoms. The maximum atomic E-state index is 11.5. The fraction of sp³-hybridized carbons (Fsp3) is 0.409. The van der Waals surface area contributed by atoms with Gasteiger partial charge in [0, 0.05) is 31.4 Å². The standard InChI is InChI=1S/C22H29N3O/c1-16-11-17(2)22(18(3)12-16)25-10-9-24(15-21(23)26)20(14-25)13-19-7-5-4-6-8-19/h4-8,11-12,20H,9-10,13-15H2,1-3H3,(H2,23,26). The number of carbonyl (C=O) groups is 1. The van der Waals surface area contributed by atoms with Gasteiger partial charge in [0.05, 0.1) is 6.54 Å². The average Bonchev–Trinajstić information content (AvgIpc) is 2.57. The number of aryl methyl sites for hydroxylation is 3. The van der Waals surface area contributed by atoms with Crippen molar-refractivity contribution in [2.75, 3.05) is 31.1 Å². The molecule has 1 aliphatic heterocycles. The lowest BCUT2D eigenvalue weighted by molar-refractivity contribution is -0.119. The molecule has 1 atom stereocenters. The first-order valence-electron chi connectivity index (χ1n) is 9.33. The fourth-order valence-corrected chi connectivity index (χ4v) is 4.26. The van der Waals surface area contributed by atoms with E-state index in [0.717, 1.165) is 26.1 Å². The van der Waals surface area contributed by atoms with E-state index in [1.807, 2.05) is 6.07 Å². The summed E-state index contributed by atoms with van der Waals surface area (Å²) >= 11 is 0. The number of nitrogens with two attached hydrogens (primary N) is 1. The van der Waals surface area contributed by atoms with Crippen molar-refractivity contribution >= 4 is 11.6 Å². The summed E-state index contributed by atoms with van der Waals surface area (Å²) in [7, 11) is 0. The molecule has 0 radical (unpaired) electrons. The first kappa shape index (κ1) is 18.5. The largest absolute Gasteiger partial charge is 0.369 e. The molecule has 1 aliphatic rings. The quantitative estimate of drug-likeness (QED) is 0.901. The first-order chi connectivity index (χ1) is 12.4. The van der Waals surface area contributed by atoms with E-state index in [-0.39, 0.29) is 11.9 Å². The minimum atomic E-state index is -0.251. The van der Waals surface area contributed by atoms with E-state index in [0.29, 0.717) is 6.54 Å². The molecule has 1 amide bonds. The van der Waals surface area contributed by atoms with E-state index in [1.54, 1.807) is 0 Å². The molecule has 0 bridgehead atoms. The summed E-state index contributed by atoms with van der Waals surface area (Å²) in [6, 6.07) is 15.3. The van der Waals surface area contributed by atoms with Crippen molar-refractivity contribution in [3.63, 3.8) is 0 Å². The number of benzene rings is 2. The van der Waals surface area contributed by atoms with Crippen LogP contribution in [0.1, 0.15) is 22.3 Å². The second kappa shape index (κ2) is 7.92. The lowest BCUT2D eigenvalue weighted by Crippen LogP contribution is -2.56. The van der Waals surface area contributed by atoms with Crippen LogP contribution in [-0.4, -0.2) is 43.0 Å². The third kappa shape index (κ3) is 4.25. The molecule has 1 fully saturated rings. The van der Waals surface area contributed by atoms with Crippen molar-refractivity contribution < 1.29 is 4.79 Å². The summed E-state index contributed by atoms with van der Waals surface area (Å²) in [5.41, 5.74) is 12.1. The number of primary amides is 1. The Hall–Kier alpha value is -2.33. The van der Waals surface area contributed by atoms with Crippen LogP contribution in [0.4, 0.5) is 5.69 Å². The van der Waals surface area contributed by atoms with Crippen LogP contribution in [0.25, 0.3) is 0 Å². The SMILES string of the molecule is Cc1cc(C)c(N2CCN(CC(N)=O)C(Cc3ccccc3)C2)c(C)c1. The smallest absolute Gasteiger partial charge is 0.231 e. The predicted octanol–water partition coefficient (Wildman–Crippen LogP) is 2.83. The number of nitrogens with zero attached hydrogens (tertiary/aromatic N) is 2. The Labute approximate surface area is 156 Å². The number of rotatable bonds is 5. The Balaban J connectivity index is 1.84. The van der Waals surface area contributed by atoms with Crippen molar-refractivity contribution in [2.24, 2.45) is 5.73 Å². The van der Waals surface area contributed by atoms with E-state index < -0.39 is 0 Å². The molecule has 4 heteroatoms. The van der Waals surface area contributed by atoms with Gasteiger partial charge in [-0.05, 0) is 43.9 Å². The Morgan fingerprint density at radius 3 is 2.35 bits per heavy atom. The summed E-state index contributed by atoms with van der Waals surface area (Å²) in [5.74, 6) is -0.251. The molecule has 0 aromatic heterocycles. The second-order valence-electron chi connectivity index (χ2n) is 7.47. The topological polar surface area (TPSA) is 49.6 Å². The highest BCUT2D eigenvalue weighted by atomic mass is 16.1. The highest BCUT2D eigenvalue weighted by molar-refractivity contribution is 5.76. The minimum Gasteiger partial charge on any atom is -0.369 e. The summed E-state index contributed by atoms with van der Waals surface area (Å²) in [6.45, 7) is 9.54. The lowest BCUT2D eigenvalue weighted by atomic mass is 9.99. The van der Waals surface area contributed by atoms with Crippen molar-refractivity contribution in [1.82, 2.24) is 4.90 Å². The van der Waals surface area contributed by atoms with E-state index in [4.69, 9.17) is 5.73 Å². The minimum absolute atomic E-state index is 0.251. The third-order valence-electron chi connectivity index (χ3n) is 5.23. The molecule has 2 aromatic carbocycles. The van der Waals surface area contributed by atoms with Gasteiger partial charge in [-0.2, -0.15) is 0 Å². The Kier molecular flexibility index (Phi) is 5.62. The maximum absolute atomic E-state index is 11.5. The van der Waals surface area contributed by atoms with Gasteiger partial charge in [-0.1, -0.05) is 48.0 Å². The second-order valence-corrected chi connectivity index (χ2v) is 7.47. The van der Waals surface area contributed by atoms with Gasteiger partial charge in [0.1, 0.15) is 0 Å². The van der Waals surface area contributed by atoms with Crippen LogP contribution in [0.5, 0.6) is 0 Å². The van der Waals surface area contributed by atoms with Crippen LogP contribution < -0.4 is 10.6 Å². The van der Waals surface area contributed by atoms with Crippen LogP contribution in [0.3, 0.4) is 0 Å². The number of anilines is 1. The maximum Gasteiger partial charge on any atom is 0.231 e. The van der Waals surface area contributed by atoms with Gasteiger partial charge in [-0.25, -0.2) is 0 Å². The lowest BCUT2D eigenvalue weighted by Gasteiger charge is -2.43. The molecular weight excluding hydrogens is 322 g/mol. The van der Waals surface area contributed by atoms with E-state index in [2.05, 4.69) is 67.0 Å². The molecular formula is C22H29N3O. The van der Waals surface area contributed by atoms with Gasteiger partial charge in [0.15, 0.2) is 0 Å². The van der Waals surface area contributed by atoms with Crippen molar-refractivity contribution in [2.45, 2.75) is 33.2 Å². The van der Waals surface area contributed by atoms with Gasteiger partial charge in [-0.3, -0.25) is 9.69 Å². The van der Waals surface area contributed by atoms with Crippen LogP contribution in [-0.2, 0) is 11.2 Å². The molecule has 1 saturated heterocycles. The number of hydrogen-bond acceptors (Lipinski definition) is 3. The predicted molar refractivity (Wildman–Crippen MR) is 108 cm³/mol. The zero-order valence-electron chi connectivity index (χ0n) is 16.0. The first-order valence-corrected chi connectivity index (χ1v) is 9.33. The van der Waals surface area contributed by atoms with Gasteiger partial charge >= 0.3 is 0 Å². The summed E-state index contributed by atoms with van der Waals surface area (Å²) in [5, 5.41) is 0. The summed E-state index contributed by atoms with van der Waals surface area (Å²) < 4.78 is 0. The van der Waals surface area contributed by atoms with Crippen LogP contribution in [0, 0.1) is 20.8 Å². The average molecular weight is 351 g/mol. The third-order valence-corrected chi connectivity index (χ3v) is 5.23. The van der Waals surface area contributed by atoms with Crippen molar-refractivity contribution in [3.05, 3.63) is 64.7 Å². The zero-order chi connectivity index (χ0) is 18.7. The van der Waals surface area contributed by atoms with E-state index >= 15 is 0 Å². The number of carbonyl (C=O) groups excluding carboxylic acids is 1. The Bertz CT molecular complexity index is 749.